The van der Waals surface area contributed by atoms with Crippen LogP contribution in [-0.4, -0.2) is 36.4 Å². The van der Waals surface area contributed by atoms with Gasteiger partial charge in [0.25, 0.3) is 0 Å². The van der Waals surface area contributed by atoms with Crippen molar-refractivity contribution in [1.29, 1.82) is 0 Å². The predicted molar refractivity (Wildman–Crippen MR) is 76.8 cm³/mol. The maximum atomic E-state index is 6.03. The van der Waals surface area contributed by atoms with Crippen LogP contribution in [-0.2, 0) is 9.31 Å². The minimum atomic E-state index is -0.369. The molecule has 2 aliphatic rings. The third-order valence-corrected chi connectivity index (χ3v) is 4.43. The van der Waals surface area contributed by atoms with E-state index in [0.29, 0.717) is 0 Å². The van der Waals surface area contributed by atoms with E-state index in [1.807, 2.05) is 18.2 Å². The lowest BCUT2D eigenvalue weighted by Gasteiger charge is -2.32. The maximum Gasteiger partial charge on any atom is 0.514 e. The zero-order valence-electron chi connectivity index (χ0n) is 12.1. The van der Waals surface area contributed by atoms with Gasteiger partial charge in [0, 0.05) is 13.1 Å². The Bertz CT molecular complexity index is 470. The summed E-state index contributed by atoms with van der Waals surface area (Å²) in [5.74, 6) is 1.03. The van der Waals surface area contributed by atoms with Crippen molar-refractivity contribution in [2.75, 3.05) is 18.0 Å². The first-order valence-electron chi connectivity index (χ1n) is 6.97. The maximum absolute atomic E-state index is 6.03. The van der Waals surface area contributed by atoms with Crippen LogP contribution in [0.15, 0.2) is 18.2 Å². The Morgan fingerprint density at radius 1 is 1.11 bits per heavy atom. The van der Waals surface area contributed by atoms with Gasteiger partial charge in [-0.05, 0) is 46.2 Å². The Morgan fingerprint density at radius 3 is 2.26 bits per heavy atom. The second kappa shape index (κ2) is 4.22. The first kappa shape index (κ1) is 12.9. The molecule has 5 heteroatoms. The highest BCUT2D eigenvalue weighted by Crippen LogP contribution is 2.36. The van der Waals surface area contributed by atoms with Crippen LogP contribution in [0, 0.1) is 0 Å². The molecule has 2 fully saturated rings. The summed E-state index contributed by atoms with van der Waals surface area (Å²) >= 11 is 0. The number of nitrogens with zero attached hydrogens (tertiary/aromatic N) is 2. The summed E-state index contributed by atoms with van der Waals surface area (Å²) in [6.07, 6.45) is 1.25. The van der Waals surface area contributed by atoms with Crippen molar-refractivity contribution in [2.24, 2.45) is 0 Å². The molecule has 19 heavy (non-hydrogen) atoms. The van der Waals surface area contributed by atoms with Crippen LogP contribution in [0.4, 0.5) is 5.82 Å². The van der Waals surface area contributed by atoms with E-state index in [0.717, 1.165) is 24.5 Å². The molecular weight excluding hydrogens is 239 g/mol. The lowest BCUT2D eigenvalue weighted by molar-refractivity contribution is 0.00578. The number of hydrogen-bond acceptors (Lipinski definition) is 4. The second-order valence-electron chi connectivity index (χ2n) is 6.35. The van der Waals surface area contributed by atoms with Crippen LogP contribution in [0.1, 0.15) is 34.1 Å². The normalized spacial score (nSPS) is 24.4. The molecule has 0 aromatic carbocycles. The van der Waals surface area contributed by atoms with Crippen LogP contribution in [0.3, 0.4) is 0 Å². The molecular formula is C14H21BN2O2. The molecule has 0 radical (unpaired) electrons. The van der Waals surface area contributed by atoms with E-state index in [-0.39, 0.29) is 18.3 Å². The van der Waals surface area contributed by atoms with Gasteiger partial charge < -0.3 is 14.2 Å². The Balaban J connectivity index is 1.83. The third-order valence-electron chi connectivity index (χ3n) is 4.43. The van der Waals surface area contributed by atoms with E-state index in [9.17, 15) is 0 Å². The highest BCUT2D eigenvalue weighted by atomic mass is 16.7. The van der Waals surface area contributed by atoms with E-state index in [2.05, 4.69) is 37.6 Å². The summed E-state index contributed by atoms with van der Waals surface area (Å²) in [6, 6.07) is 6.06. The van der Waals surface area contributed by atoms with E-state index < -0.39 is 0 Å². The quantitative estimate of drug-likeness (QED) is 0.756. The molecule has 0 atom stereocenters. The number of aromatic nitrogens is 1. The molecule has 0 aliphatic carbocycles. The van der Waals surface area contributed by atoms with Gasteiger partial charge in [0.1, 0.15) is 5.82 Å². The summed E-state index contributed by atoms with van der Waals surface area (Å²) in [6.45, 7) is 10.4. The molecule has 0 N–H and O–H groups in total. The second-order valence-corrected chi connectivity index (χ2v) is 6.35. The molecule has 0 saturated carbocycles. The predicted octanol–water partition coefficient (Wildman–Crippen LogP) is 1.59. The minimum absolute atomic E-state index is 0.313. The highest BCUT2D eigenvalue weighted by Gasteiger charge is 2.52. The Hall–Kier alpha value is -1.07. The molecule has 3 heterocycles. The fourth-order valence-corrected chi connectivity index (χ4v) is 2.26. The van der Waals surface area contributed by atoms with E-state index in [1.54, 1.807) is 0 Å². The third kappa shape index (κ3) is 2.15. The largest absolute Gasteiger partial charge is 0.514 e. The zero-order chi connectivity index (χ0) is 13.7. The summed E-state index contributed by atoms with van der Waals surface area (Å²) in [5.41, 5.74) is 0.237. The van der Waals surface area contributed by atoms with Gasteiger partial charge in [-0.15, -0.1) is 0 Å². The molecule has 102 valence electrons. The summed E-state index contributed by atoms with van der Waals surface area (Å²) in [7, 11) is -0.369. The Kier molecular flexibility index (Phi) is 2.87. The van der Waals surface area contributed by atoms with Crippen molar-refractivity contribution in [2.45, 2.75) is 45.3 Å². The standard InChI is InChI=1S/C14H21BN2O2/c1-13(2)14(3,4)19-15(18-13)11-7-5-8-12(16-11)17-9-6-10-17/h5,7-8H,6,9-10H2,1-4H3. The molecule has 1 aromatic heterocycles. The van der Waals surface area contributed by atoms with E-state index >= 15 is 0 Å². The van der Waals surface area contributed by atoms with Crippen molar-refractivity contribution < 1.29 is 9.31 Å². The summed E-state index contributed by atoms with van der Waals surface area (Å²) < 4.78 is 12.1. The molecule has 0 bridgehead atoms. The molecule has 2 aliphatic heterocycles. The first-order valence-corrected chi connectivity index (χ1v) is 6.97. The number of hydrogen-bond donors (Lipinski definition) is 0. The topological polar surface area (TPSA) is 34.6 Å². The number of anilines is 1. The monoisotopic (exact) mass is 260 g/mol. The van der Waals surface area contributed by atoms with Gasteiger partial charge in [0.2, 0.25) is 0 Å². The molecule has 4 nitrogen and oxygen atoms in total. The van der Waals surface area contributed by atoms with Crippen LogP contribution >= 0.6 is 0 Å². The molecule has 2 saturated heterocycles. The van der Waals surface area contributed by atoms with Crippen LogP contribution < -0.4 is 10.5 Å². The minimum Gasteiger partial charge on any atom is -0.398 e. The lowest BCUT2D eigenvalue weighted by Crippen LogP contribution is -2.41. The number of rotatable bonds is 2. The van der Waals surface area contributed by atoms with Gasteiger partial charge in [0.15, 0.2) is 0 Å². The van der Waals surface area contributed by atoms with Gasteiger partial charge in [-0.2, -0.15) is 0 Å². The summed E-state index contributed by atoms with van der Waals surface area (Å²) in [4.78, 5) is 6.96. The fourth-order valence-electron chi connectivity index (χ4n) is 2.26. The van der Waals surface area contributed by atoms with Crippen molar-refractivity contribution in [3.63, 3.8) is 0 Å². The van der Waals surface area contributed by atoms with E-state index in [4.69, 9.17) is 9.31 Å². The van der Waals surface area contributed by atoms with Crippen LogP contribution in [0.2, 0.25) is 0 Å². The van der Waals surface area contributed by atoms with Crippen molar-refractivity contribution in [3.05, 3.63) is 18.2 Å². The summed E-state index contributed by atoms with van der Waals surface area (Å²) in [5, 5.41) is 0. The van der Waals surface area contributed by atoms with Crippen LogP contribution in [0.25, 0.3) is 0 Å². The van der Waals surface area contributed by atoms with Crippen molar-refractivity contribution >= 4 is 18.5 Å². The smallest absolute Gasteiger partial charge is 0.398 e. The van der Waals surface area contributed by atoms with Gasteiger partial charge in [-0.1, -0.05) is 6.07 Å². The molecule has 1 aromatic rings. The van der Waals surface area contributed by atoms with Gasteiger partial charge in [-0.3, -0.25) is 0 Å². The molecule has 0 spiro atoms. The molecule has 3 rings (SSSR count). The van der Waals surface area contributed by atoms with Gasteiger partial charge >= 0.3 is 7.12 Å². The fraction of sp³-hybridized carbons (Fsp3) is 0.643. The van der Waals surface area contributed by atoms with Gasteiger partial charge in [-0.25, -0.2) is 4.98 Å². The first-order chi connectivity index (χ1) is 8.89. The zero-order valence-corrected chi connectivity index (χ0v) is 12.1. The Labute approximate surface area is 115 Å². The Morgan fingerprint density at radius 2 is 1.74 bits per heavy atom. The van der Waals surface area contributed by atoms with Crippen LogP contribution in [0.5, 0.6) is 0 Å². The average molecular weight is 260 g/mol. The molecule has 0 amide bonds. The van der Waals surface area contributed by atoms with Crippen molar-refractivity contribution in [3.8, 4) is 0 Å². The van der Waals surface area contributed by atoms with E-state index in [1.165, 1.54) is 6.42 Å². The van der Waals surface area contributed by atoms with Crippen molar-refractivity contribution in [1.82, 2.24) is 4.98 Å². The lowest BCUT2D eigenvalue weighted by atomic mass is 9.84. The molecule has 0 unspecified atom stereocenters. The number of pyridine rings is 1. The highest BCUT2D eigenvalue weighted by molar-refractivity contribution is 6.61. The SMILES string of the molecule is CC1(C)OB(c2cccc(N3CCC3)n2)OC1(C)C. The van der Waals surface area contributed by atoms with Gasteiger partial charge in [0.05, 0.1) is 16.8 Å². The average Bonchev–Trinajstić information content (AvgIpc) is 2.46.